The second-order valence-electron chi connectivity index (χ2n) is 8.73. The van der Waals surface area contributed by atoms with E-state index in [0.717, 1.165) is 37.5 Å². The molecule has 2 nitrogen and oxygen atoms in total. The number of hydrogen-bond acceptors (Lipinski definition) is 1. The van der Waals surface area contributed by atoms with Gasteiger partial charge in [0.2, 0.25) is 0 Å². The number of halogens is 1. The predicted molar refractivity (Wildman–Crippen MR) is 116 cm³/mol. The van der Waals surface area contributed by atoms with Gasteiger partial charge in [0.15, 0.2) is 0 Å². The Balaban J connectivity index is 1.82. The highest BCUT2D eigenvalue weighted by atomic mass is 35.5. The summed E-state index contributed by atoms with van der Waals surface area (Å²) in [6, 6.07) is 15.3. The Morgan fingerprint density at radius 2 is 1.70 bits per heavy atom. The molecule has 0 saturated carbocycles. The predicted octanol–water partition coefficient (Wildman–Crippen LogP) is 5.61. The van der Waals surface area contributed by atoms with Crippen LogP contribution in [0.15, 0.2) is 42.5 Å². The number of aromatic nitrogens is 1. The number of benzene rings is 2. The number of likely N-dealkylation sites (N-methyl/N-ethyl adjacent to an activating group) is 1. The molecule has 0 spiro atoms. The highest BCUT2D eigenvalue weighted by molar-refractivity contribution is 6.30. The molecule has 2 aromatic carbocycles. The number of rotatable bonds is 3. The van der Waals surface area contributed by atoms with Crippen molar-refractivity contribution in [2.75, 3.05) is 20.1 Å². The highest BCUT2D eigenvalue weighted by Gasteiger charge is 2.26. The molecular weight excluding hydrogens is 352 g/mol. The third kappa shape index (κ3) is 3.53. The molecule has 3 aromatic rings. The van der Waals surface area contributed by atoms with Crippen LogP contribution in [0.3, 0.4) is 0 Å². The minimum absolute atomic E-state index is 0.0351. The smallest absolute Gasteiger partial charge is 0.0485 e. The lowest BCUT2D eigenvalue weighted by molar-refractivity contribution is 0.349. The first-order chi connectivity index (χ1) is 12.8. The molecule has 1 aliphatic heterocycles. The summed E-state index contributed by atoms with van der Waals surface area (Å²) in [5.74, 6) is 0. The summed E-state index contributed by atoms with van der Waals surface area (Å²) in [6.45, 7) is 10.1. The molecule has 0 bridgehead atoms. The summed E-state index contributed by atoms with van der Waals surface area (Å²) in [7, 11) is 2.24. The van der Waals surface area contributed by atoms with Gasteiger partial charge in [-0.25, -0.2) is 0 Å². The van der Waals surface area contributed by atoms with Crippen LogP contribution in [0, 0.1) is 6.92 Å². The van der Waals surface area contributed by atoms with Crippen LogP contribution in [0.5, 0.6) is 0 Å². The molecule has 0 atom stereocenters. The van der Waals surface area contributed by atoms with Crippen molar-refractivity contribution < 1.29 is 0 Å². The van der Waals surface area contributed by atoms with Crippen LogP contribution < -0.4 is 0 Å². The Hall–Kier alpha value is -1.77. The maximum atomic E-state index is 6.11. The Morgan fingerprint density at radius 3 is 2.44 bits per heavy atom. The molecule has 3 heteroatoms. The van der Waals surface area contributed by atoms with Gasteiger partial charge in [0.25, 0.3) is 0 Å². The van der Waals surface area contributed by atoms with E-state index in [1.54, 1.807) is 5.56 Å². The van der Waals surface area contributed by atoms with Gasteiger partial charge in [0.1, 0.15) is 0 Å². The molecule has 0 radical (unpaired) electrons. The van der Waals surface area contributed by atoms with E-state index in [4.69, 9.17) is 11.6 Å². The van der Waals surface area contributed by atoms with E-state index < -0.39 is 0 Å². The fraction of sp³-hybridized carbons (Fsp3) is 0.417. The van der Waals surface area contributed by atoms with Gasteiger partial charge in [-0.1, -0.05) is 49.2 Å². The fourth-order valence-electron chi connectivity index (χ4n) is 4.44. The molecule has 1 aliphatic rings. The minimum atomic E-state index is 0.0351. The molecule has 0 N–H and O–H groups in total. The van der Waals surface area contributed by atoms with Crippen molar-refractivity contribution in [2.24, 2.45) is 0 Å². The third-order valence-electron chi connectivity index (χ3n) is 6.10. The summed E-state index contributed by atoms with van der Waals surface area (Å²) < 4.78 is 2.60. The van der Waals surface area contributed by atoms with E-state index in [9.17, 15) is 0 Å². The van der Waals surface area contributed by atoms with Gasteiger partial charge >= 0.3 is 0 Å². The van der Waals surface area contributed by atoms with Crippen LogP contribution >= 0.6 is 11.6 Å². The van der Waals surface area contributed by atoms with Crippen molar-refractivity contribution in [3.63, 3.8) is 0 Å². The van der Waals surface area contributed by atoms with Crippen LogP contribution in [-0.2, 0) is 24.8 Å². The summed E-state index contributed by atoms with van der Waals surface area (Å²) in [5, 5.41) is 2.25. The molecular formula is C24H29ClN2. The zero-order chi connectivity index (χ0) is 19.2. The summed E-state index contributed by atoms with van der Waals surface area (Å²) in [4.78, 5) is 2.45. The average molecular weight is 381 g/mol. The van der Waals surface area contributed by atoms with Crippen LogP contribution in [-0.4, -0.2) is 29.6 Å². The van der Waals surface area contributed by atoms with Gasteiger partial charge in [-0.3, -0.25) is 0 Å². The Bertz CT molecular complexity index is 966. The van der Waals surface area contributed by atoms with Crippen molar-refractivity contribution >= 4 is 22.5 Å². The van der Waals surface area contributed by atoms with Gasteiger partial charge in [-0.05, 0) is 55.8 Å². The van der Waals surface area contributed by atoms with E-state index in [2.05, 4.69) is 67.6 Å². The molecule has 0 saturated heterocycles. The summed E-state index contributed by atoms with van der Waals surface area (Å²) in [6.07, 6.45) is 2.26. The second kappa shape index (κ2) is 7.00. The lowest BCUT2D eigenvalue weighted by Crippen LogP contribution is -2.26. The molecule has 0 unspecified atom stereocenters. The van der Waals surface area contributed by atoms with Crippen LogP contribution in [0.1, 0.15) is 36.2 Å². The zero-order valence-electron chi connectivity index (χ0n) is 16.8. The highest BCUT2D eigenvalue weighted by Crippen LogP contribution is 2.34. The molecule has 1 aromatic heterocycles. The van der Waals surface area contributed by atoms with Gasteiger partial charge in [0.05, 0.1) is 0 Å². The average Bonchev–Trinajstić information content (AvgIpc) is 2.76. The zero-order valence-corrected chi connectivity index (χ0v) is 17.6. The normalized spacial score (nSPS) is 15.7. The van der Waals surface area contributed by atoms with Crippen molar-refractivity contribution in [3.05, 3.63) is 69.9 Å². The lowest BCUT2D eigenvalue weighted by Gasteiger charge is -2.28. The number of nitrogens with zero attached hydrogens (tertiary/aromatic N) is 2. The molecule has 4 rings (SSSR count). The van der Waals surface area contributed by atoms with Gasteiger partial charge in [-0.2, -0.15) is 0 Å². The van der Waals surface area contributed by atoms with Gasteiger partial charge < -0.3 is 9.47 Å². The van der Waals surface area contributed by atoms with E-state index in [1.807, 2.05) is 12.1 Å². The van der Waals surface area contributed by atoms with Crippen LogP contribution in [0.2, 0.25) is 5.02 Å². The molecule has 2 heterocycles. The van der Waals surface area contributed by atoms with Gasteiger partial charge in [-0.15, -0.1) is 0 Å². The van der Waals surface area contributed by atoms with Crippen molar-refractivity contribution in [1.29, 1.82) is 0 Å². The third-order valence-corrected chi connectivity index (χ3v) is 6.35. The lowest BCUT2D eigenvalue weighted by atomic mass is 9.84. The van der Waals surface area contributed by atoms with Crippen molar-refractivity contribution in [1.82, 2.24) is 9.47 Å². The first-order valence-electron chi connectivity index (χ1n) is 9.90. The van der Waals surface area contributed by atoms with E-state index in [1.165, 1.54) is 27.7 Å². The number of aryl methyl sites for hydroxylation is 1. The molecule has 142 valence electrons. The molecule has 0 fully saturated rings. The standard InChI is InChI=1S/C24H29ClN2/c1-17-5-10-22-21(15-17)20-11-13-26(4)14-12-23(20)27(22)16-24(2,3)18-6-8-19(25)9-7-18/h5-10,15H,11-14,16H2,1-4H3. The van der Waals surface area contributed by atoms with E-state index in [-0.39, 0.29) is 5.41 Å². The Morgan fingerprint density at radius 1 is 1.00 bits per heavy atom. The van der Waals surface area contributed by atoms with Crippen molar-refractivity contribution in [2.45, 2.75) is 45.6 Å². The minimum Gasteiger partial charge on any atom is -0.343 e. The number of fused-ring (bicyclic) bond motifs is 3. The van der Waals surface area contributed by atoms with Crippen LogP contribution in [0.4, 0.5) is 0 Å². The summed E-state index contributed by atoms with van der Waals surface area (Å²) >= 11 is 6.11. The first kappa shape index (κ1) is 18.6. The van der Waals surface area contributed by atoms with Gasteiger partial charge in [0, 0.05) is 53.1 Å². The fourth-order valence-corrected chi connectivity index (χ4v) is 4.56. The molecule has 27 heavy (non-hydrogen) atoms. The maximum absolute atomic E-state index is 6.11. The Labute approximate surface area is 167 Å². The second-order valence-corrected chi connectivity index (χ2v) is 9.16. The topological polar surface area (TPSA) is 8.17 Å². The number of hydrogen-bond donors (Lipinski definition) is 0. The monoisotopic (exact) mass is 380 g/mol. The van der Waals surface area contributed by atoms with E-state index in [0.29, 0.717) is 0 Å². The van der Waals surface area contributed by atoms with Crippen molar-refractivity contribution in [3.8, 4) is 0 Å². The molecule has 0 aliphatic carbocycles. The van der Waals surface area contributed by atoms with Crippen LogP contribution in [0.25, 0.3) is 10.9 Å². The summed E-state index contributed by atoms with van der Waals surface area (Å²) in [5.41, 5.74) is 7.19. The molecule has 0 amide bonds. The first-order valence-corrected chi connectivity index (χ1v) is 10.3. The van der Waals surface area contributed by atoms with E-state index >= 15 is 0 Å². The quantitative estimate of drug-likeness (QED) is 0.573. The maximum Gasteiger partial charge on any atom is 0.0485 e. The SMILES string of the molecule is Cc1ccc2c(c1)c1c(n2CC(C)(C)c2ccc(Cl)cc2)CCN(C)CC1. The Kier molecular flexibility index (Phi) is 4.82. The largest absolute Gasteiger partial charge is 0.343 e.